The number of carbonyl (C=O) groups excluding carboxylic acids is 3. The summed E-state index contributed by atoms with van der Waals surface area (Å²) in [6.45, 7) is 2.48. The number of nitrogens with zero attached hydrogens (tertiary/aromatic N) is 2. The number of anilines is 2. The standard InChI is InChI=1S/C21H25N5O3/c1-21(15-5-7-16(23-2)8-6-15)9-3-4-10-26(21)20(29)19(28)25-17-11-14(18(22)27)12-24-13-17/h5-8,11-13,23H,3-4,9-10H2,1-2H3,(H2,22,27)(H,25,28)/t21-/m1/s1. The van der Waals surface area contributed by atoms with E-state index in [1.54, 1.807) is 4.90 Å². The second kappa shape index (κ2) is 8.30. The highest BCUT2D eigenvalue weighted by molar-refractivity contribution is 6.39. The lowest BCUT2D eigenvalue weighted by molar-refractivity contribution is -0.149. The van der Waals surface area contributed by atoms with Crippen molar-refractivity contribution in [1.82, 2.24) is 9.88 Å². The highest BCUT2D eigenvalue weighted by Gasteiger charge is 2.41. The van der Waals surface area contributed by atoms with Crippen LogP contribution in [0.15, 0.2) is 42.7 Å². The van der Waals surface area contributed by atoms with Gasteiger partial charge in [0, 0.05) is 25.5 Å². The first-order valence-corrected chi connectivity index (χ1v) is 9.51. The van der Waals surface area contributed by atoms with Crippen molar-refractivity contribution in [3.05, 3.63) is 53.9 Å². The lowest BCUT2D eigenvalue weighted by Crippen LogP contribution is -2.53. The summed E-state index contributed by atoms with van der Waals surface area (Å²) in [7, 11) is 1.85. The molecule has 3 amide bonds. The minimum atomic E-state index is -0.770. The van der Waals surface area contributed by atoms with Crippen LogP contribution in [0, 0.1) is 0 Å². The van der Waals surface area contributed by atoms with Crippen LogP contribution in [-0.4, -0.2) is 41.2 Å². The minimum Gasteiger partial charge on any atom is -0.388 e. The fraction of sp³-hybridized carbons (Fsp3) is 0.333. The number of pyridine rings is 1. The molecule has 1 aliphatic heterocycles. The van der Waals surface area contributed by atoms with E-state index in [9.17, 15) is 14.4 Å². The summed E-state index contributed by atoms with van der Waals surface area (Å²) in [4.78, 5) is 42.5. The molecule has 4 N–H and O–H groups in total. The summed E-state index contributed by atoms with van der Waals surface area (Å²) >= 11 is 0. The molecule has 0 aliphatic carbocycles. The normalized spacial score (nSPS) is 18.8. The maximum atomic E-state index is 13.0. The van der Waals surface area contributed by atoms with Gasteiger partial charge in [0.2, 0.25) is 5.91 Å². The Bertz CT molecular complexity index is 928. The van der Waals surface area contributed by atoms with E-state index in [1.165, 1.54) is 18.5 Å². The van der Waals surface area contributed by atoms with Gasteiger partial charge in [-0.1, -0.05) is 12.1 Å². The summed E-state index contributed by atoms with van der Waals surface area (Å²) in [6, 6.07) is 9.27. The number of hydrogen-bond donors (Lipinski definition) is 3. The molecule has 152 valence electrons. The van der Waals surface area contributed by atoms with Gasteiger partial charge in [0.25, 0.3) is 0 Å². The Balaban J connectivity index is 1.82. The van der Waals surface area contributed by atoms with Crippen LogP contribution in [0.5, 0.6) is 0 Å². The number of piperidine rings is 1. The Morgan fingerprint density at radius 1 is 1.10 bits per heavy atom. The van der Waals surface area contributed by atoms with Crippen LogP contribution < -0.4 is 16.4 Å². The Labute approximate surface area is 169 Å². The molecule has 2 heterocycles. The maximum Gasteiger partial charge on any atom is 0.313 e. The Morgan fingerprint density at radius 2 is 1.83 bits per heavy atom. The molecule has 0 radical (unpaired) electrons. The van der Waals surface area contributed by atoms with Crippen LogP contribution in [0.25, 0.3) is 0 Å². The molecule has 0 spiro atoms. The van der Waals surface area contributed by atoms with Crippen LogP contribution in [0.2, 0.25) is 0 Å². The second-order valence-electron chi connectivity index (χ2n) is 7.30. The van der Waals surface area contributed by atoms with E-state index < -0.39 is 23.3 Å². The first kappa shape index (κ1) is 20.3. The third kappa shape index (κ3) is 4.21. The molecular formula is C21H25N5O3. The zero-order valence-corrected chi connectivity index (χ0v) is 16.6. The van der Waals surface area contributed by atoms with Gasteiger partial charge in [-0.15, -0.1) is 0 Å². The molecule has 29 heavy (non-hydrogen) atoms. The molecule has 0 bridgehead atoms. The Kier molecular flexibility index (Phi) is 5.81. The third-order valence-electron chi connectivity index (χ3n) is 5.41. The van der Waals surface area contributed by atoms with Crippen molar-refractivity contribution in [1.29, 1.82) is 0 Å². The highest BCUT2D eigenvalue weighted by Crippen LogP contribution is 2.38. The predicted octanol–water partition coefficient (Wildman–Crippen LogP) is 2.09. The van der Waals surface area contributed by atoms with Crippen molar-refractivity contribution in [3.8, 4) is 0 Å². The van der Waals surface area contributed by atoms with Crippen LogP contribution in [0.1, 0.15) is 42.1 Å². The van der Waals surface area contributed by atoms with Gasteiger partial charge in [-0.3, -0.25) is 19.4 Å². The fourth-order valence-electron chi connectivity index (χ4n) is 3.69. The van der Waals surface area contributed by atoms with E-state index in [0.717, 1.165) is 30.5 Å². The predicted molar refractivity (Wildman–Crippen MR) is 110 cm³/mol. The Hall–Kier alpha value is -3.42. The van der Waals surface area contributed by atoms with Crippen molar-refractivity contribution in [2.45, 2.75) is 31.7 Å². The van der Waals surface area contributed by atoms with Crippen molar-refractivity contribution >= 4 is 29.1 Å². The van der Waals surface area contributed by atoms with Gasteiger partial charge in [-0.2, -0.15) is 0 Å². The number of rotatable bonds is 4. The van der Waals surface area contributed by atoms with E-state index in [0.29, 0.717) is 6.54 Å². The molecule has 0 saturated carbocycles. The van der Waals surface area contributed by atoms with Crippen LogP contribution in [-0.2, 0) is 15.1 Å². The molecule has 1 aliphatic rings. The van der Waals surface area contributed by atoms with E-state index in [1.807, 2.05) is 38.2 Å². The average Bonchev–Trinajstić information content (AvgIpc) is 2.73. The van der Waals surface area contributed by atoms with E-state index in [-0.39, 0.29) is 11.3 Å². The summed E-state index contributed by atoms with van der Waals surface area (Å²) in [5, 5.41) is 5.61. The second-order valence-corrected chi connectivity index (χ2v) is 7.30. The topological polar surface area (TPSA) is 117 Å². The van der Waals surface area contributed by atoms with Crippen LogP contribution in [0.4, 0.5) is 11.4 Å². The van der Waals surface area contributed by atoms with Gasteiger partial charge < -0.3 is 21.3 Å². The van der Waals surface area contributed by atoms with Gasteiger partial charge in [-0.05, 0) is 49.9 Å². The average molecular weight is 395 g/mol. The number of primary amides is 1. The van der Waals surface area contributed by atoms with Gasteiger partial charge in [0.1, 0.15) is 0 Å². The number of carbonyl (C=O) groups is 3. The largest absolute Gasteiger partial charge is 0.388 e. The number of hydrogen-bond acceptors (Lipinski definition) is 5. The number of aromatic nitrogens is 1. The summed E-state index contributed by atoms with van der Waals surface area (Å²) in [5.74, 6) is -2.05. The molecule has 1 saturated heterocycles. The Morgan fingerprint density at radius 3 is 2.48 bits per heavy atom. The first-order valence-electron chi connectivity index (χ1n) is 9.51. The van der Waals surface area contributed by atoms with Crippen molar-refractivity contribution < 1.29 is 14.4 Å². The number of amides is 3. The van der Waals surface area contributed by atoms with Crippen molar-refractivity contribution in [2.75, 3.05) is 24.2 Å². The van der Waals surface area contributed by atoms with Crippen LogP contribution >= 0.6 is 0 Å². The lowest BCUT2D eigenvalue weighted by atomic mass is 9.81. The molecule has 1 aromatic carbocycles. The van der Waals surface area contributed by atoms with Gasteiger partial charge in [0.15, 0.2) is 0 Å². The molecule has 3 rings (SSSR count). The minimum absolute atomic E-state index is 0.155. The molecule has 8 nitrogen and oxygen atoms in total. The highest BCUT2D eigenvalue weighted by atomic mass is 16.2. The van der Waals surface area contributed by atoms with Crippen molar-refractivity contribution in [2.24, 2.45) is 5.73 Å². The van der Waals surface area contributed by atoms with E-state index in [2.05, 4.69) is 15.6 Å². The third-order valence-corrected chi connectivity index (χ3v) is 5.41. The molecule has 1 fully saturated rings. The van der Waals surface area contributed by atoms with Gasteiger partial charge in [-0.25, -0.2) is 0 Å². The zero-order chi connectivity index (χ0) is 21.0. The van der Waals surface area contributed by atoms with Gasteiger partial charge >= 0.3 is 11.8 Å². The number of benzene rings is 1. The smallest absolute Gasteiger partial charge is 0.313 e. The summed E-state index contributed by atoms with van der Waals surface area (Å²) < 4.78 is 0. The quantitative estimate of drug-likeness (QED) is 0.685. The molecular weight excluding hydrogens is 370 g/mol. The van der Waals surface area contributed by atoms with E-state index >= 15 is 0 Å². The van der Waals surface area contributed by atoms with Crippen molar-refractivity contribution in [3.63, 3.8) is 0 Å². The SMILES string of the molecule is CNc1ccc([C@@]2(C)CCCCN2C(=O)C(=O)Nc2cncc(C(N)=O)c2)cc1. The van der Waals surface area contributed by atoms with Gasteiger partial charge in [0.05, 0.1) is 23.0 Å². The number of nitrogens with two attached hydrogens (primary N) is 1. The number of nitrogens with one attached hydrogen (secondary N) is 2. The van der Waals surface area contributed by atoms with Crippen LogP contribution in [0.3, 0.4) is 0 Å². The molecule has 1 atom stereocenters. The summed E-state index contributed by atoms with van der Waals surface area (Å²) in [5.41, 5.74) is 7.02. The number of likely N-dealkylation sites (tertiary alicyclic amines) is 1. The lowest BCUT2D eigenvalue weighted by Gasteiger charge is -2.45. The molecule has 8 heteroatoms. The fourth-order valence-corrected chi connectivity index (χ4v) is 3.69. The zero-order valence-electron chi connectivity index (χ0n) is 16.6. The maximum absolute atomic E-state index is 13.0. The van der Waals surface area contributed by atoms with E-state index in [4.69, 9.17) is 5.73 Å². The molecule has 0 unspecified atom stereocenters. The first-order chi connectivity index (χ1) is 13.8. The molecule has 2 aromatic rings. The summed E-state index contributed by atoms with van der Waals surface area (Å²) in [6.07, 6.45) is 5.24. The monoisotopic (exact) mass is 395 g/mol. The molecule has 1 aromatic heterocycles.